The molecule has 0 fully saturated rings. The summed E-state index contributed by atoms with van der Waals surface area (Å²) in [4.78, 5) is 11.9. The zero-order valence-electron chi connectivity index (χ0n) is 10.3. The average molecular weight is 300 g/mol. The van der Waals surface area contributed by atoms with Gasteiger partial charge in [0, 0.05) is 10.0 Å². The maximum Gasteiger partial charge on any atom is 0.251 e. The van der Waals surface area contributed by atoms with Gasteiger partial charge in [0.2, 0.25) is 0 Å². The summed E-state index contributed by atoms with van der Waals surface area (Å²) >= 11 is 3.40. The van der Waals surface area contributed by atoms with Gasteiger partial charge in [-0.25, -0.2) is 0 Å². The molecule has 17 heavy (non-hydrogen) atoms. The molecule has 0 aliphatic heterocycles. The zero-order chi connectivity index (χ0) is 13.0. The summed E-state index contributed by atoms with van der Waals surface area (Å²) in [5.41, 5.74) is 1.69. The molecule has 0 radical (unpaired) electrons. The highest BCUT2D eigenvalue weighted by Crippen LogP contribution is 2.17. The Balaban J connectivity index is 2.79. The molecule has 0 saturated heterocycles. The Bertz CT molecular complexity index is 404. The third kappa shape index (κ3) is 3.82. The molecule has 1 unspecified atom stereocenters. The van der Waals surface area contributed by atoms with Gasteiger partial charge >= 0.3 is 0 Å². The SMILES string of the molecule is Cc1ccc(C(=O)NC(CO)C(C)C)cc1Br. The fraction of sp³-hybridized carbons (Fsp3) is 0.462. The number of nitrogens with one attached hydrogen (secondary N) is 1. The van der Waals surface area contributed by atoms with Crippen LogP contribution in [0.4, 0.5) is 0 Å². The van der Waals surface area contributed by atoms with Gasteiger partial charge in [0.1, 0.15) is 0 Å². The molecular weight excluding hydrogens is 282 g/mol. The standard InChI is InChI=1S/C13H18BrNO2/c1-8(2)12(7-16)15-13(17)10-5-4-9(3)11(14)6-10/h4-6,8,12,16H,7H2,1-3H3,(H,15,17). The molecule has 0 aliphatic carbocycles. The van der Waals surface area contributed by atoms with Gasteiger partial charge in [-0.1, -0.05) is 35.8 Å². The van der Waals surface area contributed by atoms with Gasteiger partial charge in [0.25, 0.3) is 5.91 Å². The Labute approximate surface area is 110 Å². The Kier molecular flexibility index (Phi) is 5.15. The number of aryl methyl sites for hydroxylation is 1. The molecule has 0 aliphatic rings. The maximum absolute atomic E-state index is 11.9. The van der Waals surface area contributed by atoms with E-state index in [2.05, 4.69) is 21.2 Å². The van der Waals surface area contributed by atoms with Crippen molar-refractivity contribution in [2.45, 2.75) is 26.8 Å². The molecule has 3 nitrogen and oxygen atoms in total. The minimum atomic E-state index is -0.206. The molecule has 0 aromatic heterocycles. The number of benzene rings is 1. The summed E-state index contributed by atoms with van der Waals surface area (Å²) in [6, 6.07) is 5.26. The van der Waals surface area contributed by atoms with Crippen molar-refractivity contribution in [2.75, 3.05) is 6.61 Å². The molecule has 1 rings (SSSR count). The summed E-state index contributed by atoms with van der Waals surface area (Å²) in [5, 5.41) is 12.0. The normalized spacial score (nSPS) is 12.6. The molecule has 1 atom stereocenters. The molecule has 0 spiro atoms. The van der Waals surface area contributed by atoms with E-state index in [0.717, 1.165) is 10.0 Å². The van der Waals surface area contributed by atoms with E-state index in [-0.39, 0.29) is 24.5 Å². The first kappa shape index (κ1) is 14.2. The average Bonchev–Trinajstić information content (AvgIpc) is 2.28. The van der Waals surface area contributed by atoms with Crippen LogP contribution in [0.1, 0.15) is 29.8 Å². The second-order valence-electron chi connectivity index (χ2n) is 4.47. The van der Waals surface area contributed by atoms with Gasteiger partial charge < -0.3 is 10.4 Å². The summed E-state index contributed by atoms with van der Waals surface area (Å²) in [7, 11) is 0. The fourth-order valence-corrected chi connectivity index (χ4v) is 1.79. The second-order valence-corrected chi connectivity index (χ2v) is 5.32. The lowest BCUT2D eigenvalue weighted by molar-refractivity contribution is 0.0897. The van der Waals surface area contributed by atoms with Crippen LogP contribution in [-0.4, -0.2) is 23.7 Å². The lowest BCUT2D eigenvalue weighted by Crippen LogP contribution is -2.41. The van der Waals surface area contributed by atoms with E-state index in [1.165, 1.54) is 0 Å². The van der Waals surface area contributed by atoms with Crippen molar-refractivity contribution in [2.24, 2.45) is 5.92 Å². The second kappa shape index (κ2) is 6.17. The van der Waals surface area contributed by atoms with Crippen LogP contribution in [0.3, 0.4) is 0 Å². The van der Waals surface area contributed by atoms with Crippen molar-refractivity contribution < 1.29 is 9.90 Å². The van der Waals surface area contributed by atoms with Crippen LogP contribution in [-0.2, 0) is 0 Å². The van der Waals surface area contributed by atoms with Crippen molar-refractivity contribution in [3.8, 4) is 0 Å². The lowest BCUT2D eigenvalue weighted by atomic mass is 10.0. The van der Waals surface area contributed by atoms with Crippen molar-refractivity contribution in [3.05, 3.63) is 33.8 Å². The highest BCUT2D eigenvalue weighted by atomic mass is 79.9. The first-order chi connectivity index (χ1) is 7.95. The first-order valence-corrected chi connectivity index (χ1v) is 6.43. The highest BCUT2D eigenvalue weighted by Gasteiger charge is 2.16. The van der Waals surface area contributed by atoms with Gasteiger partial charge in [-0.15, -0.1) is 0 Å². The van der Waals surface area contributed by atoms with E-state index >= 15 is 0 Å². The van der Waals surface area contributed by atoms with E-state index in [9.17, 15) is 4.79 Å². The Hall–Kier alpha value is -0.870. The quantitative estimate of drug-likeness (QED) is 0.897. The summed E-state index contributed by atoms with van der Waals surface area (Å²) < 4.78 is 0.912. The molecule has 2 N–H and O–H groups in total. The van der Waals surface area contributed by atoms with E-state index < -0.39 is 0 Å². The lowest BCUT2D eigenvalue weighted by Gasteiger charge is -2.20. The number of carbonyl (C=O) groups is 1. The smallest absolute Gasteiger partial charge is 0.251 e. The molecule has 0 bridgehead atoms. The number of amides is 1. The van der Waals surface area contributed by atoms with Crippen molar-refractivity contribution >= 4 is 21.8 Å². The van der Waals surface area contributed by atoms with Crippen molar-refractivity contribution in [1.82, 2.24) is 5.32 Å². The van der Waals surface area contributed by atoms with Crippen LogP contribution in [0.5, 0.6) is 0 Å². The Morgan fingerprint density at radius 3 is 2.59 bits per heavy atom. The largest absolute Gasteiger partial charge is 0.394 e. The molecule has 1 aromatic carbocycles. The van der Waals surface area contributed by atoms with E-state index in [1.54, 1.807) is 12.1 Å². The molecular formula is C13H18BrNO2. The number of carbonyl (C=O) groups excluding carboxylic acids is 1. The van der Waals surface area contributed by atoms with Gasteiger partial charge in [-0.05, 0) is 30.5 Å². The predicted octanol–water partition coefficient (Wildman–Crippen LogP) is 2.50. The van der Waals surface area contributed by atoms with Crippen LogP contribution in [0.15, 0.2) is 22.7 Å². The predicted molar refractivity (Wildman–Crippen MR) is 72.1 cm³/mol. The number of aliphatic hydroxyl groups is 1. The monoisotopic (exact) mass is 299 g/mol. The molecule has 4 heteroatoms. The topological polar surface area (TPSA) is 49.3 Å². The van der Waals surface area contributed by atoms with Crippen molar-refractivity contribution in [1.29, 1.82) is 0 Å². The molecule has 94 valence electrons. The van der Waals surface area contributed by atoms with Crippen LogP contribution in [0, 0.1) is 12.8 Å². The summed E-state index contributed by atoms with van der Waals surface area (Å²) in [5.74, 6) is 0.0521. The third-order valence-corrected chi connectivity index (χ3v) is 3.61. The number of aliphatic hydroxyl groups excluding tert-OH is 1. The maximum atomic E-state index is 11.9. The van der Waals surface area contributed by atoms with Gasteiger partial charge in [0.05, 0.1) is 12.6 Å². The number of rotatable bonds is 4. The fourth-order valence-electron chi connectivity index (χ4n) is 1.41. The first-order valence-electron chi connectivity index (χ1n) is 5.63. The van der Waals surface area contributed by atoms with Crippen LogP contribution in [0.25, 0.3) is 0 Å². The van der Waals surface area contributed by atoms with Gasteiger partial charge in [-0.3, -0.25) is 4.79 Å². The Morgan fingerprint density at radius 2 is 2.12 bits per heavy atom. The molecule has 0 saturated carbocycles. The minimum Gasteiger partial charge on any atom is -0.394 e. The summed E-state index contributed by atoms with van der Waals surface area (Å²) in [6.07, 6.45) is 0. The number of hydrogen-bond donors (Lipinski definition) is 2. The molecule has 1 amide bonds. The minimum absolute atomic E-state index is 0.0452. The zero-order valence-corrected chi connectivity index (χ0v) is 11.9. The molecule has 1 aromatic rings. The third-order valence-electron chi connectivity index (χ3n) is 2.75. The number of halogens is 1. The van der Waals surface area contributed by atoms with Crippen LogP contribution >= 0.6 is 15.9 Å². The molecule has 0 heterocycles. The van der Waals surface area contributed by atoms with E-state index in [4.69, 9.17) is 5.11 Å². The van der Waals surface area contributed by atoms with Crippen LogP contribution < -0.4 is 5.32 Å². The summed E-state index contributed by atoms with van der Waals surface area (Å²) in [6.45, 7) is 5.85. The number of hydrogen-bond acceptors (Lipinski definition) is 2. The van der Waals surface area contributed by atoms with Crippen molar-refractivity contribution in [3.63, 3.8) is 0 Å². The van der Waals surface area contributed by atoms with Crippen LogP contribution in [0.2, 0.25) is 0 Å². The highest BCUT2D eigenvalue weighted by molar-refractivity contribution is 9.10. The van der Waals surface area contributed by atoms with E-state index in [0.29, 0.717) is 5.56 Å². The van der Waals surface area contributed by atoms with Gasteiger partial charge in [-0.2, -0.15) is 0 Å². The van der Waals surface area contributed by atoms with E-state index in [1.807, 2.05) is 26.8 Å². The Morgan fingerprint density at radius 1 is 1.47 bits per heavy atom. The van der Waals surface area contributed by atoms with Gasteiger partial charge in [0.15, 0.2) is 0 Å².